The second kappa shape index (κ2) is 3.88. The number of nitrogens with one attached hydrogen (secondary N) is 1. The zero-order chi connectivity index (χ0) is 13.0. The van der Waals surface area contributed by atoms with Crippen LogP contribution in [0.1, 0.15) is 36.1 Å². The van der Waals surface area contributed by atoms with E-state index in [0.29, 0.717) is 11.9 Å². The predicted octanol–water partition coefficient (Wildman–Crippen LogP) is 2.06. The molecular formula is C12H14N6S. The fourth-order valence-corrected chi connectivity index (χ4v) is 4.32. The summed E-state index contributed by atoms with van der Waals surface area (Å²) in [5.41, 5.74) is 4.86. The highest BCUT2D eigenvalue weighted by atomic mass is 32.1. The van der Waals surface area contributed by atoms with E-state index in [0.717, 1.165) is 22.3 Å². The maximum Gasteiger partial charge on any atom is 0.241 e. The average Bonchev–Trinajstić information content (AvgIpc) is 3.01. The molecule has 19 heavy (non-hydrogen) atoms. The summed E-state index contributed by atoms with van der Waals surface area (Å²) in [4.78, 5) is 11.4. The number of nitrogens with two attached hydrogens (primary N) is 1. The Labute approximate surface area is 113 Å². The minimum absolute atomic E-state index is 0.534. The van der Waals surface area contributed by atoms with Crippen molar-refractivity contribution in [2.45, 2.75) is 32.1 Å². The number of nitrogens with zero attached hydrogens (tertiary/aromatic N) is 4. The molecule has 3 heterocycles. The molecule has 4 rings (SSSR count). The molecular weight excluding hydrogens is 260 g/mol. The van der Waals surface area contributed by atoms with Crippen molar-refractivity contribution >= 4 is 33.1 Å². The summed E-state index contributed by atoms with van der Waals surface area (Å²) >= 11 is 1.76. The molecule has 0 unspecified atom stereocenters. The van der Waals surface area contributed by atoms with Gasteiger partial charge in [0.05, 0.1) is 5.39 Å². The van der Waals surface area contributed by atoms with Crippen LogP contribution in [0.2, 0.25) is 0 Å². The quantitative estimate of drug-likeness (QED) is 0.524. The minimum Gasteiger partial charge on any atom is -0.292 e. The van der Waals surface area contributed by atoms with Crippen molar-refractivity contribution in [2.75, 3.05) is 5.43 Å². The molecule has 3 N–H and O–H groups in total. The monoisotopic (exact) mass is 274 g/mol. The molecule has 0 bridgehead atoms. The van der Waals surface area contributed by atoms with Gasteiger partial charge in [-0.05, 0) is 30.7 Å². The number of aryl methyl sites for hydroxylation is 1. The van der Waals surface area contributed by atoms with Crippen LogP contribution in [0.5, 0.6) is 0 Å². The molecule has 3 aromatic heterocycles. The number of nitrogen functional groups attached to an aromatic ring is 1. The van der Waals surface area contributed by atoms with E-state index in [1.807, 2.05) is 0 Å². The summed E-state index contributed by atoms with van der Waals surface area (Å²) < 4.78 is 1.68. The molecule has 1 aliphatic carbocycles. The van der Waals surface area contributed by atoms with Crippen LogP contribution in [-0.2, 0) is 6.42 Å². The standard InChI is InChI=1S/C12H14N6S/c1-6-3-2-4-7-8(6)9-10-14-5-15-18(10)12(17-13)16-11(9)19-7/h5-6H,2-4,13H2,1H3,(H,16,17)/t6-/m0/s1. The Bertz CT molecular complexity index is 773. The lowest BCUT2D eigenvalue weighted by Crippen LogP contribution is -2.13. The molecule has 6 nitrogen and oxygen atoms in total. The van der Waals surface area contributed by atoms with Gasteiger partial charge < -0.3 is 0 Å². The highest BCUT2D eigenvalue weighted by Crippen LogP contribution is 2.43. The van der Waals surface area contributed by atoms with Gasteiger partial charge in [0.1, 0.15) is 11.2 Å². The van der Waals surface area contributed by atoms with Gasteiger partial charge in [-0.2, -0.15) is 9.61 Å². The van der Waals surface area contributed by atoms with Crippen molar-refractivity contribution in [1.82, 2.24) is 19.6 Å². The fourth-order valence-electron chi connectivity index (χ4n) is 3.00. The van der Waals surface area contributed by atoms with Crippen LogP contribution in [0, 0.1) is 0 Å². The lowest BCUT2D eigenvalue weighted by atomic mass is 9.87. The molecule has 0 fully saturated rings. The molecule has 3 aromatic rings. The normalized spacial score (nSPS) is 18.9. The van der Waals surface area contributed by atoms with Crippen molar-refractivity contribution in [3.8, 4) is 0 Å². The summed E-state index contributed by atoms with van der Waals surface area (Å²) in [5, 5.41) is 5.35. The first-order valence-electron chi connectivity index (χ1n) is 6.41. The maximum absolute atomic E-state index is 5.52. The van der Waals surface area contributed by atoms with E-state index in [2.05, 4.69) is 27.4 Å². The second-order valence-corrected chi connectivity index (χ2v) is 6.07. The zero-order valence-corrected chi connectivity index (χ0v) is 11.4. The Morgan fingerprint density at radius 2 is 2.42 bits per heavy atom. The molecule has 0 amide bonds. The van der Waals surface area contributed by atoms with Crippen LogP contribution in [0.3, 0.4) is 0 Å². The number of hydrogen-bond acceptors (Lipinski definition) is 6. The number of thiophene rings is 1. The zero-order valence-electron chi connectivity index (χ0n) is 10.6. The SMILES string of the molecule is C[C@H]1CCCc2sc3nc(NN)n4ncnc4c3c21. The van der Waals surface area contributed by atoms with Gasteiger partial charge in [0.15, 0.2) is 5.65 Å². The number of hydrogen-bond donors (Lipinski definition) is 2. The van der Waals surface area contributed by atoms with Crippen molar-refractivity contribution in [1.29, 1.82) is 0 Å². The summed E-state index contributed by atoms with van der Waals surface area (Å²) in [5.74, 6) is 6.62. The van der Waals surface area contributed by atoms with Crippen LogP contribution < -0.4 is 11.3 Å². The first-order chi connectivity index (χ1) is 9.29. The van der Waals surface area contributed by atoms with Crippen LogP contribution >= 0.6 is 11.3 Å². The van der Waals surface area contributed by atoms with Gasteiger partial charge in [-0.1, -0.05) is 6.92 Å². The van der Waals surface area contributed by atoms with Crippen molar-refractivity contribution in [3.05, 3.63) is 16.8 Å². The third kappa shape index (κ3) is 1.42. The first-order valence-corrected chi connectivity index (χ1v) is 7.23. The Morgan fingerprint density at radius 3 is 3.26 bits per heavy atom. The molecule has 1 atom stereocenters. The van der Waals surface area contributed by atoms with Crippen LogP contribution in [-0.4, -0.2) is 19.6 Å². The minimum atomic E-state index is 0.534. The smallest absolute Gasteiger partial charge is 0.241 e. The van der Waals surface area contributed by atoms with E-state index in [1.54, 1.807) is 22.2 Å². The van der Waals surface area contributed by atoms with Gasteiger partial charge >= 0.3 is 0 Å². The van der Waals surface area contributed by atoms with E-state index in [4.69, 9.17) is 5.84 Å². The highest BCUT2D eigenvalue weighted by molar-refractivity contribution is 7.19. The third-order valence-electron chi connectivity index (χ3n) is 3.85. The van der Waals surface area contributed by atoms with Crippen molar-refractivity contribution in [2.24, 2.45) is 5.84 Å². The number of aromatic nitrogens is 4. The Kier molecular flexibility index (Phi) is 2.27. The first kappa shape index (κ1) is 11.1. The number of hydrazine groups is 1. The van der Waals surface area contributed by atoms with Crippen LogP contribution in [0.15, 0.2) is 6.33 Å². The lowest BCUT2D eigenvalue weighted by molar-refractivity contribution is 0.602. The molecule has 98 valence electrons. The summed E-state index contributed by atoms with van der Waals surface area (Å²) in [7, 11) is 0. The maximum atomic E-state index is 5.52. The van der Waals surface area contributed by atoms with Gasteiger partial charge in [-0.25, -0.2) is 15.8 Å². The molecule has 0 saturated heterocycles. The summed E-state index contributed by atoms with van der Waals surface area (Å²) in [6.45, 7) is 2.28. The molecule has 1 aliphatic rings. The molecule has 0 radical (unpaired) electrons. The van der Waals surface area contributed by atoms with Gasteiger partial charge in [-0.3, -0.25) is 5.43 Å². The van der Waals surface area contributed by atoms with Gasteiger partial charge in [0.25, 0.3) is 0 Å². The Balaban J connectivity index is 2.18. The van der Waals surface area contributed by atoms with E-state index in [1.165, 1.54) is 23.3 Å². The van der Waals surface area contributed by atoms with E-state index < -0.39 is 0 Å². The van der Waals surface area contributed by atoms with Gasteiger partial charge in [0, 0.05) is 4.88 Å². The van der Waals surface area contributed by atoms with E-state index in [9.17, 15) is 0 Å². The van der Waals surface area contributed by atoms with Crippen LogP contribution in [0.25, 0.3) is 15.9 Å². The summed E-state index contributed by atoms with van der Waals surface area (Å²) in [6.07, 6.45) is 5.18. The number of fused-ring (bicyclic) bond motifs is 5. The number of rotatable bonds is 1. The molecule has 0 aromatic carbocycles. The Morgan fingerprint density at radius 1 is 1.53 bits per heavy atom. The average molecular weight is 274 g/mol. The van der Waals surface area contributed by atoms with Crippen molar-refractivity contribution < 1.29 is 0 Å². The van der Waals surface area contributed by atoms with Crippen molar-refractivity contribution in [3.63, 3.8) is 0 Å². The van der Waals surface area contributed by atoms with Gasteiger partial charge in [0.2, 0.25) is 5.95 Å². The highest BCUT2D eigenvalue weighted by Gasteiger charge is 2.25. The van der Waals surface area contributed by atoms with Gasteiger partial charge in [-0.15, -0.1) is 11.3 Å². The van der Waals surface area contributed by atoms with E-state index >= 15 is 0 Å². The molecule has 0 aliphatic heterocycles. The summed E-state index contributed by atoms with van der Waals surface area (Å²) in [6, 6.07) is 0. The largest absolute Gasteiger partial charge is 0.292 e. The van der Waals surface area contributed by atoms with E-state index in [-0.39, 0.29) is 0 Å². The Hall–Kier alpha value is -1.73. The van der Waals surface area contributed by atoms with Crippen LogP contribution in [0.4, 0.5) is 5.95 Å². The second-order valence-electron chi connectivity index (χ2n) is 4.99. The number of anilines is 1. The third-order valence-corrected chi connectivity index (χ3v) is 5.00. The lowest BCUT2D eigenvalue weighted by Gasteiger charge is -2.18. The molecule has 0 spiro atoms. The topological polar surface area (TPSA) is 81.1 Å². The predicted molar refractivity (Wildman–Crippen MR) is 75.3 cm³/mol. The molecule has 0 saturated carbocycles. The molecule has 7 heteroatoms. The fraction of sp³-hybridized carbons (Fsp3) is 0.417.